The maximum atomic E-state index is 13.2. The van der Waals surface area contributed by atoms with Crippen molar-refractivity contribution in [3.63, 3.8) is 0 Å². The van der Waals surface area contributed by atoms with Crippen molar-refractivity contribution in [2.45, 2.75) is 67.7 Å². The van der Waals surface area contributed by atoms with Crippen LogP contribution < -0.4 is 4.74 Å². The van der Waals surface area contributed by atoms with Gasteiger partial charge in [0.2, 0.25) is 5.91 Å². The second-order valence-electron chi connectivity index (χ2n) is 12.1. The lowest BCUT2D eigenvalue weighted by atomic mass is 9.47. The van der Waals surface area contributed by atoms with Crippen molar-refractivity contribution in [2.75, 3.05) is 27.2 Å². The van der Waals surface area contributed by atoms with Gasteiger partial charge in [-0.1, -0.05) is 6.07 Å². The van der Waals surface area contributed by atoms with Gasteiger partial charge in [-0.05, 0) is 49.5 Å². The molecule has 7 rings (SSSR count). The fourth-order valence-electron chi connectivity index (χ4n) is 8.35. The average molecular weight is 492 g/mol. The fraction of sp³-hybridized carbons (Fsp3) is 0.552. The summed E-state index contributed by atoms with van der Waals surface area (Å²) in [5.41, 5.74) is 1.48. The molecule has 5 aliphatic rings. The summed E-state index contributed by atoms with van der Waals surface area (Å²) in [6.07, 6.45) is 11.6. The molecule has 7 nitrogen and oxygen atoms in total. The fourth-order valence-corrected chi connectivity index (χ4v) is 8.35. The first-order chi connectivity index (χ1) is 17.3. The van der Waals surface area contributed by atoms with E-state index in [1.54, 1.807) is 35.6 Å². The van der Waals surface area contributed by atoms with Gasteiger partial charge in [-0.3, -0.25) is 4.79 Å². The number of nitrogens with zero attached hydrogens (tertiary/aromatic N) is 2. The number of hydrogen-bond acceptors (Lipinski definition) is 5. The van der Waals surface area contributed by atoms with Crippen LogP contribution in [0.4, 0.5) is 0 Å². The van der Waals surface area contributed by atoms with Crippen LogP contribution in [-0.2, 0) is 16.6 Å². The Labute approximate surface area is 211 Å². The van der Waals surface area contributed by atoms with Gasteiger partial charge in [-0.2, -0.15) is 0 Å². The summed E-state index contributed by atoms with van der Waals surface area (Å²) in [5, 5.41) is 23.6. The molecule has 1 aromatic carbocycles. The van der Waals surface area contributed by atoms with Gasteiger partial charge in [0, 0.05) is 43.0 Å². The molecule has 2 N–H and O–H groups in total. The van der Waals surface area contributed by atoms with Crippen LogP contribution in [0, 0.1) is 5.92 Å². The maximum Gasteiger partial charge on any atom is 0.246 e. The minimum atomic E-state index is -0.932. The van der Waals surface area contributed by atoms with Crippen LogP contribution in [0.3, 0.4) is 0 Å². The van der Waals surface area contributed by atoms with Gasteiger partial charge < -0.3 is 28.8 Å². The second kappa shape index (κ2) is 7.39. The summed E-state index contributed by atoms with van der Waals surface area (Å²) in [6, 6.07) is 5.47. The molecular formula is C29H35N2O5+. The minimum Gasteiger partial charge on any atom is -0.504 e. The van der Waals surface area contributed by atoms with Crippen molar-refractivity contribution in [3.05, 3.63) is 53.5 Å². The van der Waals surface area contributed by atoms with Crippen molar-refractivity contribution in [1.82, 2.24) is 4.90 Å². The van der Waals surface area contributed by atoms with Gasteiger partial charge in [0.1, 0.15) is 17.7 Å². The third-order valence-electron chi connectivity index (χ3n) is 10.3. The summed E-state index contributed by atoms with van der Waals surface area (Å²) >= 11 is 0. The SMILES string of the molecule is CN(C(=O)/C=C/c1ccoc1)[C@@H]1CC[C@@]2(O)[C@H]3Cc4ccc(O)c5c4[C@@]2(CC[N+]3(C)CC2CC2)[C@H]1O5. The van der Waals surface area contributed by atoms with Crippen molar-refractivity contribution in [3.8, 4) is 11.5 Å². The number of ether oxygens (including phenoxy) is 1. The number of phenols is 1. The first-order valence-corrected chi connectivity index (χ1v) is 13.3. The van der Waals surface area contributed by atoms with Crippen molar-refractivity contribution < 1.29 is 28.6 Å². The van der Waals surface area contributed by atoms with Crippen LogP contribution in [0.2, 0.25) is 0 Å². The van der Waals surface area contributed by atoms with Crippen LogP contribution >= 0.6 is 0 Å². The number of hydrogen-bond donors (Lipinski definition) is 2. The molecule has 3 heterocycles. The van der Waals surface area contributed by atoms with Gasteiger partial charge in [-0.25, -0.2) is 0 Å². The standard InChI is InChI=1S/C29H34N2O5/c1-30(24(33)8-5-19-10-14-35-17-19)21-9-11-29(34)23-15-20-6-7-22(32)26-25(20)28(29,27(21)36-26)12-13-31(23,2)16-18-3-4-18/h5-8,10,14,17-18,21,23,27,34H,3-4,9,11-13,15-16H2,1-2H3/p+1/b8-5+/t21-,23-,27+,28+,29-,31?/m1/s1. The van der Waals surface area contributed by atoms with Gasteiger partial charge >= 0.3 is 0 Å². The van der Waals surface area contributed by atoms with E-state index in [1.165, 1.54) is 18.4 Å². The van der Waals surface area contributed by atoms with E-state index in [2.05, 4.69) is 7.05 Å². The zero-order valence-corrected chi connectivity index (χ0v) is 21.0. The number of benzene rings is 1. The third-order valence-corrected chi connectivity index (χ3v) is 10.3. The highest BCUT2D eigenvalue weighted by Gasteiger charge is 2.76. The number of carbonyl (C=O) groups excluding carboxylic acids is 1. The summed E-state index contributed by atoms with van der Waals surface area (Å²) in [7, 11) is 4.17. The average Bonchev–Trinajstić information content (AvgIpc) is 3.36. The molecule has 2 aromatic rings. The molecule has 1 saturated heterocycles. The monoisotopic (exact) mass is 491 g/mol. The summed E-state index contributed by atoms with van der Waals surface area (Å²) in [4.78, 5) is 15.0. The number of aromatic hydroxyl groups is 1. The Morgan fingerprint density at radius 1 is 1.25 bits per heavy atom. The van der Waals surface area contributed by atoms with Crippen molar-refractivity contribution in [2.24, 2.45) is 5.92 Å². The number of carbonyl (C=O) groups is 1. The molecule has 6 atom stereocenters. The molecule has 0 radical (unpaired) electrons. The molecule has 7 heteroatoms. The smallest absolute Gasteiger partial charge is 0.246 e. The van der Waals surface area contributed by atoms with E-state index in [0.717, 1.165) is 47.5 Å². The zero-order chi connectivity index (χ0) is 24.9. The Kier molecular flexibility index (Phi) is 4.60. The lowest BCUT2D eigenvalue weighted by molar-refractivity contribution is -0.950. The predicted octanol–water partition coefficient (Wildman–Crippen LogP) is 3.23. The largest absolute Gasteiger partial charge is 0.504 e. The Hall–Kier alpha value is -2.77. The number of phenolic OH excluding ortho intramolecular Hbond substituents is 1. The van der Waals surface area contributed by atoms with Crippen LogP contribution in [0.15, 0.2) is 41.2 Å². The number of amides is 1. The van der Waals surface area contributed by atoms with Crippen molar-refractivity contribution in [1.29, 1.82) is 0 Å². The molecule has 2 saturated carbocycles. The zero-order valence-electron chi connectivity index (χ0n) is 21.0. The van der Waals surface area contributed by atoms with E-state index in [0.29, 0.717) is 18.6 Å². The molecule has 36 heavy (non-hydrogen) atoms. The molecule has 1 amide bonds. The van der Waals surface area contributed by atoms with E-state index < -0.39 is 17.1 Å². The van der Waals surface area contributed by atoms with Crippen LogP contribution in [0.25, 0.3) is 6.08 Å². The number of piperidine rings is 1. The maximum absolute atomic E-state index is 13.2. The van der Waals surface area contributed by atoms with E-state index in [9.17, 15) is 15.0 Å². The Morgan fingerprint density at radius 2 is 2.08 bits per heavy atom. The number of rotatable bonds is 5. The van der Waals surface area contributed by atoms with Gasteiger partial charge in [0.25, 0.3) is 0 Å². The second-order valence-corrected chi connectivity index (χ2v) is 12.1. The summed E-state index contributed by atoms with van der Waals surface area (Å²) in [5.74, 6) is 1.31. The van der Waals surface area contributed by atoms with Crippen LogP contribution in [0.1, 0.15) is 48.8 Å². The van der Waals surface area contributed by atoms with Crippen molar-refractivity contribution >= 4 is 12.0 Å². The number of aliphatic hydroxyl groups is 1. The van der Waals surface area contributed by atoms with E-state index in [4.69, 9.17) is 9.15 Å². The lowest BCUT2D eigenvalue weighted by Gasteiger charge is -2.66. The molecule has 3 aliphatic carbocycles. The number of quaternary nitrogens is 1. The Morgan fingerprint density at radius 3 is 2.83 bits per heavy atom. The van der Waals surface area contributed by atoms with Crippen LogP contribution in [-0.4, -0.2) is 76.5 Å². The summed E-state index contributed by atoms with van der Waals surface area (Å²) < 4.78 is 12.6. The number of likely N-dealkylation sites (N-methyl/N-ethyl adjacent to an activating group) is 2. The molecule has 1 unspecified atom stereocenters. The van der Waals surface area contributed by atoms with E-state index in [-0.39, 0.29) is 23.7 Å². The third kappa shape index (κ3) is 2.84. The quantitative estimate of drug-likeness (QED) is 0.496. The molecule has 2 aliphatic heterocycles. The van der Waals surface area contributed by atoms with Crippen LogP contribution in [0.5, 0.6) is 11.5 Å². The van der Waals surface area contributed by atoms with E-state index in [1.807, 2.05) is 19.2 Å². The van der Waals surface area contributed by atoms with Gasteiger partial charge in [-0.15, -0.1) is 0 Å². The molecule has 1 spiro atoms. The number of furan rings is 1. The molecule has 1 aromatic heterocycles. The molecule has 190 valence electrons. The molecular weight excluding hydrogens is 456 g/mol. The Bertz CT molecular complexity index is 1250. The highest BCUT2D eigenvalue weighted by atomic mass is 16.5. The molecule has 3 fully saturated rings. The normalized spacial score (nSPS) is 38.0. The first kappa shape index (κ1) is 22.4. The first-order valence-electron chi connectivity index (χ1n) is 13.3. The van der Waals surface area contributed by atoms with Gasteiger partial charge in [0.05, 0.1) is 44.1 Å². The van der Waals surface area contributed by atoms with E-state index >= 15 is 0 Å². The highest BCUT2D eigenvalue weighted by Crippen LogP contribution is 2.66. The topological polar surface area (TPSA) is 83.1 Å². The minimum absolute atomic E-state index is 0.0869. The van der Waals surface area contributed by atoms with Gasteiger partial charge in [0.15, 0.2) is 11.5 Å². The summed E-state index contributed by atoms with van der Waals surface area (Å²) in [6.45, 7) is 2.10. The molecule has 2 bridgehead atoms. The lowest BCUT2D eigenvalue weighted by Crippen LogP contribution is -2.82. The highest BCUT2D eigenvalue weighted by molar-refractivity contribution is 5.91. The number of likely N-dealkylation sites (tertiary alicyclic amines) is 1. The predicted molar refractivity (Wildman–Crippen MR) is 133 cm³/mol. The Balaban J connectivity index is 1.30.